The van der Waals surface area contributed by atoms with E-state index in [1.165, 1.54) is 37.7 Å². The number of carboxylic acid groups (broad SMARTS) is 1. The minimum Gasteiger partial charge on any atom is -0.478 e. The second-order valence-electron chi connectivity index (χ2n) is 6.27. The monoisotopic (exact) mass is 272 g/mol. The Kier molecular flexibility index (Phi) is 2.40. The molecule has 0 aliphatic heterocycles. The molecule has 0 spiro atoms. The van der Waals surface area contributed by atoms with Gasteiger partial charge in [-0.15, -0.1) is 0 Å². The topological polar surface area (TPSA) is 79.3 Å². The van der Waals surface area contributed by atoms with Gasteiger partial charge in [0, 0.05) is 12.1 Å². The van der Waals surface area contributed by atoms with Crippen molar-refractivity contribution >= 4 is 17.6 Å². The molecule has 3 saturated carbocycles. The maximum absolute atomic E-state index is 12.3. The van der Waals surface area contributed by atoms with Crippen molar-refractivity contribution in [2.75, 3.05) is 5.32 Å². The molecule has 2 N–H and O–H groups in total. The number of aromatic nitrogens is 1. The number of anilines is 1. The van der Waals surface area contributed by atoms with Gasteiger partial charge in [0.25, 0.3) is 0 Å². The molecule has 2 bridgehead atoms. The summed E-state index contributed by atoms with van der Waals surface area (Å²) >= 11 is 0. The maximum atomic E-state index is 12.3. The predicted octanol–water partition coefficient (Wildman–Crippen LogP) is 2.01. The molecule has 0 aromatic carbocycles. The summed E-state index contributed by atoms with van der Waals surface area (Å²) in [4.78, 5) is 27.0. The van der Waals surface area contributed by atoms with Crippen LogP contribution in [0.15, 0.2) is 18.5 Å². The van der Waals surface area contributed by atoms with E-state index in [4.69, 9.17) is 5.11 Å². The Morgan fingerprint density at radius 2 is 1.90 bits per heavy atom. The van der Waals surface area contributed by atoms with Crippen molar-refractivity contribution in [1.82, 2.24) is 4.98 Å². The van der Waals surface area contributed by atoms with Gasteiger partial charge < -0.3 is 10.4 Å². The van der Waals surface area contributed by atoms with Crippen LogP contribution in [0, 0.1) is 29.6 Å². The molecule has 20 heavy (non-hydrogen) atoms. The highest BCUT2D eigenvalue weighted by Crippen LogP contribution is 2.69. The van der Waals surface area contributed by atoms with E-state index in [2.05, 4.69) is 10.3 Å². The molecule has 0 saturated heterocycles. The number of carbonyl (C=O) groups excluding carboxylic acids is 1. The minimum absolute atomic E-state index is 0.0425. The number of hydrogen-bond acceptors (Lipinski definition) is 3. The van der Waals surface area contributed by atoms with Crippen LogP contribution in [-0.2, 0) is 4.79 Å². The van der Waals surface area contributed by atoms with Gasteiger partial charge in [0.2, 0.25) is 5.91 Å². The molecule has 4 atom stereocenters. The molecule has 0 radical (unpaired) electrons. The second-order valence-corrected chi connectivity index (χ2v) is 6.27. The third-order valence-corrected chi connectivity index (χ3v) is 5.29. The molecule has 3 aliphatic rings. The first-order valence-corrected chi connectivity index (χ1v) is 7.14. The molecule has 1 aromatic heterocycles. The fourth-order valence-electron chi connectivity index (χ4n) is 4.53. The molecule has 4 rings (SSSR count). The number of nitrogens with one attached hydrogen (secondary N) is 1. The third kappa shape index (κ3) is 1.65. The normalized spacial score (nSPS) is 36.5. The molecular formula is C15H16N2O3. The van der Waals surface area contributed by atoms with Crippen molar-refractivity contribution in [1.29, 1.82) is 0 Å². The van der Waals surface area contributed by atoms with Gasteiger partial charge in [0.1, 0.15) is 0 Å². The SMILES string of the molecule is O=C(O)c1cncc(NC(=O)C2C3C4CCC(C4)C23)c1. The summed E-state index contributed by atoms with van der Waals surface area (Å²) in [6.07, 6.45) is 6.66. The lowest BCUT2D eigenvalue weighted by Crippen LogP contribution is -2.19. The van der Waals surface area contributed by atoms with E-state index in [9.17, 15) is 9.59 Å². The summed E-state index contributed by atoms with van der Waals surface area (Å²) < 4.78 is 0. The number of amides is 1. The minimum atomic E-state index is -1.03. The van der Waals surface area contributed by atoms with Gasteiger partial charge in [-0.1, -0.05) is 0 Å². The van der Waals surface area contributed by atoms with Gasteiger partial charge in [-0.25, -0.2) is 4.79 Å². The van der Waals surface area contributed by atoms with Crippen molar-refractivity contribution in [2.24, 2.45) is 29.6 Å². The van der Waals surface area contributed by atoms with Crippen LogP contribution in [0.3, 0.4) is 0 Å². The van der Waals surface area contributed by atoms with Crippen LogP contribution in [-0.4, -0.2) is 22.0 Å². The number of hydrogen-bond donors (Lipinski definition) is 2. The highest BCUT2D eigenvalue weighted by Gasteiger charge is 2.67. The van der Waals surface area contributed by atoms with Crippen molar-refractivity contribution in [2.45, 2.75) is 19.3 Å². The molecule has 1 heterocycles. The fraction of sp³-hybridized carbons (Fsp3) is 0.533. The van der Waals surface area contributed by atoms with Crippen molar-refractivity contribution in [3.8, 4) is 0 Å². The summed E-state index contributed by atoms with van der Waals surface area (Å²) in [6, 6.07) is 1.46. The van der Waals surface area contributed by atoms with Crippen molar-refractivity contribution in [3.05, 3.63) is 24.0 Å². The van der Waals surface area contributed by atoms with Crippen LogP contribution in [0.1, 0.15) is 29.6 Å². The Hall–Kier alpha value is -1.91. The highest BCUT2D eigenvalue weighted by atomic mass is 16.4. The molecule has 4 unspecified atom stereocenters. The molecule has 1 amide bonds. The van der Waals surface area contributed by atoms with Crippen LogP contribution in [0.5, 0.6) is 0 Å². The Bertz CT molecular complexity index is 585. The van der Waals surface area contributed by atoms with Gasteiger partial charge in [-0.05, 0) is 49.0 Å². The number of fused-ring (bicyclic) bond motifs is 5. The van der Waals surface area contributed by atoms with Gasteiger partial charge in [-0.2, -0.15) is 0 Å². The van der Waals surface area contributed by atoms with Crippen LogP contribution in [0.25, 0.3) is 0 Å². The van der Waals surface area contributed by atoms with E-state index < -0.39 is 5.97 Å². The molecule has 104 valence electrons. The summed E-state index contributed by atoms with van der Waals surface area (Å²) in [7, 11) is 0. The smallest absolute Gasteiger partial charge is 0.337 e. The Balaban J connectivity index is 1.46. The standard InChI is InChI=1S/C15H16N2O3/c18-14(13-11-7-1-2-8(3-7)12(11)13)17-10-4-9(15(19)20)5-16-6-10/h4-8,11-13H,1-3H2,(H,17,18)(H,19,20). The molecular weight excluding hydrogens is 256 g/mol. The van der Waals surface area contributed by atoms with Crippen LogP contribution < -0.4 is 5.32 Å². The molecule has 5 heteroatoms. The summed E-state index contributed by atoms with van der Waals surface area (Å²) in [5, 5.41) is 11.8. The average Bonchev–Trinajstić information content (AvgIpc) is 2.88. The van der Waals surface area contributed by atoms with E-state index in [1.54, 1.807) is 0 Å². The number of nitrogens with zero attached hydrogens (tertiary/aromatic N) is 1. The zero-order chi connectivity index (χ0) is 13.9. The lowest BCUT2D eigenvalue weighted by molar-refractivity contribution is -0.118. The first kappa shape index (κ1) is 11.9. The van der Waals surface area contributed by atoms with Crippen LogP contribution in [0.2, 0.25) is 0 Å². The lowest BCUT2D eigenvalue weighted by atomic mass is 10.0. The Morgan fingerprint density at radius 3 is 2.55 bits per heavy atom. The first-order chi connectivity index (χ1) is 9.65. The van der Waals surface area contributed by atoms with Crippen LogP contribution in [0.4, 0.5) is 5.69 Å². The number of pyridine rings is 1. The zero-order valence-electron chi connectivity index (χ0n) is 11.0. The summed E-state index contributed by atoms with van der Waals surface area (Å²) in [5.41, 5.74) is 0.575. The average molecular weight is 272 g/mol. The Morgan fingerprint density at radius 1 is 1.20 bits per heavy atom. The van der Waals surface area contributed by atoms with Gasteiger partial charge in [0.05, 0.1) is 17.4 Å². The molecule has 1 aromatic rings. The second kappa shape index (κ2) is 4.04. The Labute approximate surface area is 116 Å². The van der Waals surface area contributed by atoms with E-state index in [1.807, 2.05) is 0 Å². The molecule has 3 aliphatic carbocycles. The van der Waals surface area contributed by atoms with E-state index in [0.717, 1.165) is 11.8 Å². The summed E-state index contributed by atoms with van der Waals surface area (Å²) in [6.45, 7) is 0. The van der Waals surface area contributed by atoms with E-state index in [0.29, 0.717) is 17.5 Å². The summed E-state index contributed by atoms with van der Waals surface area (Å²) in [5.74, 6) is 1.84. The van der Waals surface area contributed by atoms with Gasteiger partial charge in [-0.3, -0.25) is 9.78 Å². The van der Waals surface area contributed by atoms with E-state index in [-0.39, 0.29) is 17.4 Å². The first-order valence-electron chi connectivity index (χ1n) is 7.14. The largest absolute Gasteiger partial charge is 0.478 e. The number of carboxylic acids is 1. The van der Waals surface area contributed by atoms with E-state index >= 15 is 0 Å². The zero-order valence-corrected chi connectivity index (χ0v) is 11.0. The fourth-order valence-corrected chi connectivity index (χ4v) is 4.53. The van der Waals surface area contributed by atoms with Crippen molar-refractivity contribution < 1.29 is 14.7 Å². The lowest BCUT2D eigenvalue weighted by Gasteiger charge is -2.09. The van der Waals surface area contributed by atoms with Gasteiger partial charge >= 0.3 is 5.97 Å². The highest BCUT2D eigenvalue weighted by molar-refractivity contribution is 5.96. The number of aromatic carboxylic acids is 1. The number of carbonyl (C=O) groups is 2. The van der Waals surface area contributed by atoms with Gasteiger partial charge in [0.15, 0.2) is 0 Å². The predicted molar refractivity (Wildman–Crippen MR) is 71.1 cm³/mol. The van der Waals surface area contributed by atoms with Crippen molar-refractivity contribution in [3.63, 3.8) is 0 Å². The van der Waals surface area contributed by atoms with Crippen LogP contribution >= 0.6 is 0 Å². The third-order valence-electron chi connectivity index (χ3n) is 5.29. The quantitative estimate of drug-likeness (QED) is 0.882. The maximum Gasteiger partial charge on any atom is 0.337 e. The molecule has 3 fully saturated rings. The molecule has 5 nitrogen and oxygen atoms in total. The number of rotatable bonds is 3.